The molecule has 1 amide bonds. The first-order valence-corrected chi connectivity index (χ1v) is 10.8. The molecule has 2 aliphatic rings. The molecule has 1 heterocycles. The van der Waals surface area contributed by atoms with Gasteiger partial charge in [0.15, 0.2) is 0 Å². The second-order valence-corrected chi connectivity index (χ2v) is 9.10. The highest BCUT2D eigenvalue weighted by atomic mass is 16.6. The highest BCUT2D eigenvalue weighted by molar-refractivity contribution is 5.68. The van der Waals surface area contributed by atoms with Gasteiger partial charge >= 0.3 is 6.09 Å². The molecule has 1 aromatic carbocycles. The number of rotatable bonds is 4. The molecule has 0 radical (unpaired) electrons. The second-order valence-electron chi connectivity index (χ2n) is 9.10. The first-order valence-electron chi connectivity index (χ1n) is 10.8. The number of ether oxygens (including phenoxy) is 2. The summed E-state index contributed by atoms with van der Waals surface area (Å²) in [6.07, 6.45) is 8.30. The number of piperidine rings is 1. The molecule has 0 unspecified atom stereocenters. The van der Waals surface area contributed by atoms with E-state index < -0.39 is 5.60 Å². The van der Waals surface area contributed by atoms with Crippen LogP contribution in [0.1, 0.15) is 65.7 Å². The van der Waals surface area contributed by atoms with Gasteiger partial charge in [0.25, 0.3) is 0 Å². The number of anilines is 1. The lowest BCUT2D eigenvalue weighted by Gasteiger charge is -2.45. The van der Waals surface area contributed by atoms with Crippen LogP contribution in [0, 0.1) is 0 Å². The van der Waals surface area contributed by atoms with Gasteiger partial charge in [-0.2, -0.15) is 0 Å². The average Bonchev–Trinajstić information content (AvgIpc) is 2.69. The number of hydrogen-bond donors (Lipinski definition) is 0. The topological polar surface area (TPSA) is 42.0 Å². The van der Waals surface area contributed by atoms with Crippen molar-refractivity contribution in [3.05, 3.63) is 24.3 Å². The number of nitrogens with zero attached hydrogens (tertiary/aromatic N) is 2. The van der Waals surface area contributed by atoms with Gasteiger partial charge in [-0.25, -0.2) is 4.79 Å². The van der Waals surface area contributed by atoms with E-state index in [9.17, 15) is 4.79 Å². The highest BCUT2D eigenvalue weighted by Crippen LogP contribution is 2.33. The molecular formula is C23H36N2O3. The summed E-state index contributed by atoms with van der Waals surface area (Å²) in [4.78, 5) is 16.9. The molecule has 3 rings (SSSR count). The molecule has 5 nitrogen and oxygen atoms in total. The molecule has 0 atom stereocenters. The van der Waals surface area contributed by atoms with Gasteiger partial charge < -0.3 is 19.3 Å². The van der Waals surface area contributed by atoms with Crippen molar-refractivity contribution in [3.8, 4) is 5.75 Å². The van der Waals surface area contributed by atoms with E-state index in [1.807, 2.05) is 25.7 Å². The average molecular weight is 389 g/mol. The van der Waals surface area contributed by atoms with Crippen LogP contribution in [0.5, 0.6) is 5.75 Å². The summed E-state index contributed by atoms with van der Waals surface area (Å²) < 4.78 is 10.9. The van der Waals surface area contributed by atoms with Crippen LogP contribution in [0.15, 0.2) is 24.3 Å². The molecule has 0 spiro atoms. The van der Waals surface area contributed by atoms with Crippen molar-refractivity contribution >= 4 is 11.8 Å². The van der Waals surface area contributed by atoms with E-state index in [0.717, 1.165) is 31.7 Å². The van der Waals surface area contributed by atoms with Gasteiger partial charge in [0.1, 0.15) is 11.4 Å². The Kier molecular flexibility index (Phi) is 6.73. The first kappa shape index (κ1) is 20.8. The summed E-state index contributed by atoms with van der Waals surface area (Å²) in [7, 11) is 1.71. The number of carbonyl (C=O) groups is 1. The normalized spacial score (nSPS) is 19.4. The van der Waals surface area contributed by atoms with E-state index in [-0.39, 0.29) is 6.09 Å². The third-order valence-electron chi connectivity index (χ3n) is 5.85. The van der Waals surface area contributed by atoms with E-state index >= 15 is 0 Å². The fourth-order valence-electron chi connectivity index (χ4n) is 4.49. The molecular weight excluding hydrogens is 352 g/mol. The van der Waals surface area contributed by atoms with Crippen LogP contribution in [0.2, 0.25) is 0 Å². The maximum atomic E-state index is 12.4. The maximum absolute atomic E-state index is 12.4. The summed E-state index contributed by atoms with van der Waals surface area (Å²) in [5.74, 6) is 0.895. The Morgan fingerprint density at radius 2 is 1.54 bits per heavy atom. The Labute approximate surface area is 170 Å². The molecule has 156 valence electrons. The van der Waals surface area contributed by atoms with Crippen LogP contribution in [0.4, 0.5) is 10.5 Å². The van der Waals surface area contributed by atoms with Crippen molar-refractivity contribution in [1.82, 2.24) is 4.90 Å². The molecule has 1 saturated heterocycles. The van der Waals surface area contributed by atoms with Crippen LogP contribution in [-0.4, -0.2) is 48.9 Å². The van der Waals surface area contributed by atoms with Crippen LogP contribution in [0.3, 0.4) is 0 Å². The molecule has 0 aromatic heterocycles. The lowest BCUT2D eigenvalue weighted by atomic mass is 9.90. The minimum Gasteiger partial charge on any atom is -0.497 e. The molecule has 1 saturated carbocycles. The molecule has 1 aliphatic carbocycles. The zero-order valence-electron chi connectivity index (χ0n) is 17.9. The maximum Gasteiger partial charge on any atom is 0.410 e. The number of hydrogen-bond acceptors (Lipinski definition) is 4. The van der Waals surface area contributed by atoms with E-state index in [2.05, 4.69) is 29.2 Å². The van der Waals surface area contributed by atoms with Crippen molar-refractivity contribution < 1.29 is 14.3 Å². The van der Waals surface area contributed by atoms with Gasteiger partial charge in [-0.15, -0.1) is 0 Å². The monoisotopic (exact) mass is 388 g/mol. The Bertz CT molecular complexity index is 624. The Morgan fingerprint density at radius 1 is 0.964 bits per heavy atom. The number of likely N-dealkylation sites (tertiary alicyclic amines) is 1. The van der Waals surface area contributed by atoms with Crippen LogP contribution in [-0.2, 0) is 4.74 Å². The Hall–Kier alpha value is -1.91. The van der Waals surface area contributed by atoms with Gasteiger partial charge in [0.05, 0.1) is 7.11 Å². The fraction of sp³-hybridized carbons (Fsp3) is 0.696. The standard InChI is InChI=1S/C23H36N2O3/c1-23(2,3)28-22(26)24-16-14-20(15-17-24)25(18-8-6-5-7-9-18)19-10-12-21(27-4)13-11-19/h10-13,18,20H,5-9,14-17H2,1-4H3. The zero-order valence-corrected chi connectivity index (χ0v) is 17.9. The van der Waals surface area contributed by atoms with Gasteiger partial charge in [-0.05, 0) is 70.7 Å². The second kappa shape index (κ2) is 9.06. The van der Waals surface area contributed by atoms with Crippen LogP contribution < -0.4 is 9.64 Å². The fourth-order valence-corrected chi connectivity index (χ4v) is 4.49. The number of amides is 1. The van der Waals surface area contributed by atoms with Crippen LogP contribution in [0.25, 0.3) is 0 Å². The summed E-state index contributed by atoms with van der Waals surface area (Å²) in [5.41, 5.74) is 0.842. The molecule has 5 heteroatoms. The number of methoxy groups -OCH3 is 1. The van der Waals surface area contributed by atoms with Crippen LogP contribution >= 0.6 is 0 Å². The Morgan fingerprint density at radius 3 is 2.07 bits per heavy atom. The molecule has 1 aliphatic heterocycles. The minimum atomic E-state index is -0.439. The lowest BCUT2D eigenvalue weighted by Crippen LogP contribution is -2.51. The summed E-state index contributed by atoms with van der Waals surface area (Å²) in [6.45, 7) is 7.29. The SMILES string of the molecule is COc1ccc(N(C2CCCCC2)C2CCN(C(=O)OC(C)(C)C)CC2)cc1. The summed E-state index contributed by atoms with van der Waals surface area (Å²) in [5, 5.41) is 0. The highest BCUT2D eigenvalue weighted by Gasteiger charge is 2.33. The smallest absolute Gasteiger partial charge is 0.410 e. The van der Waals surface area contributed by atoms with Gasteiger partial charge in [0, 0.05) is 30.9 Å². The van der Waals surface area contributed by atoms with Crippen molar-refractivity contribution in [1.29, 1.82) is 0 Å². The summed E-state index contributed by atoms with van der Waals surface area (Å²) >= 11 is 0. The van der Waals surface area contributed by atoms with Gasteiger partial charge in [-0.1, -0.05) is 19.3 Å². The molecule has 2 fully saturated rings. The van der Waals surface area contributed by atoms with Crippen molar-refractivity contribution in [2.45, 2.75) is 83.4 Å². The first-order chi connectivity index (χ1) is 13.4. The Balaban J connectivity index is 1.70. The minimum absolute atomic E-state index is 0.181. The van der Waals surface area contributed by atoms with Crippen molar-refractivity contribution in [3.63, 3.8) is 0 Å². The predicted octanol–water partition coefficient (Wildman–Crippen LogP) is 5.23. The number of carbonyl (C=O) groups excluding carboxylic acids is 1. The third-order valence-corrected chi connectivity index (χ3v) is 5.85. The molecule has 0 bridgehead atoms. The van der Waals surface area contributed by atoms with Crippen molar-refractivity contribution in [2.75, 3.05) is 25.1 Å². The number of benzene rings is 1. The molecule has 28 heavy (non-hydrogen) atoms. The van der Waals surface area contributed by atoms with E-state index in [0.29, 0.717) is 12.1 Å². The predicted molar refractivity (Wildman–Crippen MR) is 113 cm³/mol. The van der Waals surface area contributed by atoms with E-state index in [4.69, 9.17) is 9.47 Å². The third kappa shape index (κ3) is 5.33. The molecule has 0 N–H and O–H groups in total. The van der Waals surface area contributed by atoms with Gasteiger partial charge in [-0.3, -0.25) is 0 Å². The molecule has 1 aromatic rings. The van der Waals surface area contributed by atoms with Gasteiger partial charge in [0.2, 0.25) is 0 Å². The lowest BCUT2D eigenvalue weighted by molar-refractivity contribution is 0.0202. The largest absolute Gasteiger partial charge is 0.497 e. The quantitative estimate of drug-likeness (QED) is 0.708. The zero-order chi connectivity index (χ0) is 20.1. The van der Waals surface area contributed by atoms with Crippen molar-refractivity contribution in [2.24, 2.45) is 0 Å². The van der Waals surface area contributed by atoms with E-state index in [1.54, 1.807) is 7.11 Å². The summed E-state index contributed by atoms with van der Waals surface area (Å²) in [6, 6.07) is 9.55. The van der Waals surface area contributed by atoms with E-state index in [1.165, 1.54) is 37.8 Å².